The summed E-state index contributed by atoms with van der Waals surface area (Å²) in [6.07, 6.45) is 1.61. The van der Waals surface area contributed by atoms with Crippen LogP contribution < -0.4 is 18.9 Å². The van der Waals surface area contributed by atoms with E-state index in [1.165, 1.54) is 12.0 Å². The zero-order chi connectivity index (χ0) is 35.2. The zero-order valence-electron chi connectivity index (χ0n) is 28.6. The third-order valence-corrected chi connectivity index (χ3v) is 11.2. The van der Waals surface area contributed by atoms with Crippen molar-refractivity contribution in [3.8, 4) is 34.8 Å². The smallest absolute Gasteiger partial charge is 0.311 e. The van der Waals surface area contributed by atoms with E-state index in [2.05, 4.69) is 15.9 Å². The average Bonchev–Trinajstić information content (AvgIpc) is 3.67. The van der Waals surface area contributed by atoms with Crippen molar-refractivity contribution < 1.29 is 38.4 Å². The average molecular weight is 679 g/mol. The fourth-order valence-corrected chi connectivity index (χ4v) is 9.09. The van der Waals surface area contributed by atoms with Crippen LogP contribution in [0.2, 0.25) is 0 Å². The van der Waals surface area contributed by atoms with E-state index in [1.54, 1.807) is 24.3 Å². The van der Waals surface area contributed by atoms with Crippen LogP contribution in [0.15, 0.2) is 30.3 Å². The fraction of sp³-hybridized carbons (Fsp3) is 0.421. The molecule has 0 radical (unpaired) electrons. The largest absolute Gasteiger partial charge is 0.504 e. The summed E-state index contributed by atoms with van der Waals surface area (Å²) in [6.45, 7) is 5.46. The molecular formula is C38H38N4O8. The summed E-state index contributed by atoms with van der Waals surface area (Å²) in [5.74, 6) is 0.437. The summed E-state index contributed by atoms with van der Waals surface area (Å²) in [6, 6.07) is 8.75. The van der Waals surface area contributed by atoms with Gasteiger partial charge >= 0.3 is 5.97 Å². The standard InChI is InChI=1S/C38H38N4O8/c1-6-9-28(43)50-34-19(3)35-36(49-17-48-35)30-23(34)14-25-31-29-20(12-18(2)33(47-5)32(29)44)13-24(40(31)4)26(15-39)42(25)27(30)16-41-37(45)21-10-7-8-11-22(21)38(41)46/h7-8,10-12,24-27,31,44H,6,9,13-14,16-17H2,1-5H3/t24-,25?,26?,27-,31-/m0/s1. The number of hydrogen-bond donors (Lipinski definition) is 1. The molecule has 5 aliphatic rings. The zero-order valence-corrected chi connectivity index (χ0v) is 28.6. The van der Waals surface area contributed by atoms with Gasteiger partial charge in [0.25, 0.3) is 11.8 Å². The van der Waals surface area contributed by atoms with Crippen LogP contribution >= 0.6 is 0 Å². The van der Waals surface area contributed by atoms with E-state index in [4.69, 9.17) is 18.9 Å². The maximum atomic E-state index is 13.9. The lowest BCUT2D eigenvalue weighted by atomic mass is 9.71. The predicted octanol–water partition coefficient (Wildman–Crippen LogP) is 4.52. The van der Waals surface area contributed by atoms with Crippen molar-refractivity contribution >= 4 is 17.8 Å². The highest BCUT2D eigenvalue weighted by Gasteiger charge is 2.57. The van der Waals surface area contributed by atoms with Gasteiger partial charge in [-0.15, -0.1) is 0 Å². The summed E-state index contributed by atoms with van der Waals surface area (Å²) in [7, 11) is 3.49. The lowest BCUT2D eigenvalue weighted by Crippen LogP contribution is -2.68. The first-order valence-corrected chi connectivity index (χ1v) is 17.0. The monoisotopic (exact) mass is 678 g/mol. The molecule has 0 aliphatic carbocycles. The number of nitriles is 1. The summed E-state index contributed by atoms with van der Waals surface area (Å²) in [4.78, 5) is 46.4. The van der Waals surface area contributed by atoms with Crippen molar-refractivity contribution in [2.75, 3.05) is 27.5 Å². The molecule has 8 rings (SSSR count). The number of imide groups is 1. The molecule has 50 heavy (non-hydrogen) atoms. The van der Waals surface area contributed by atoms with Crippen LogP contribution in [0.25, 0.3) is 0 Å². The van der Waals surface area contributed by atoms with Crippen LogP contribution in [0.3, 0.4) is 0 Å². The molecule has 12 nitrogen and oxygen atoms in total. The molecule has 5 atom stereocenters. The Balaban J connectivity index is 1.37. The molecule has 0 aromatic heterocycles. The SMILES string of the molecule is CCCC(=O)Oc1c(C)c2c(c3c1CC1[C@H]4c5c(cc(C)c(OC)c5O)C[C@@H](C(C#N)N1[C@H]3CN1C(=O)c3ccccc3C1=O)N4C)OCO2. The lowest BCUT2D eigenvalue weighted by molar-refractivity contribution is -0.134. The number of amides is 2. The highest BCUT2D eigenvalue weighted by molar-refractivity contribution is 6.21. The number of nitrogens with zero attached hydrogens (tertiary/aromatic N) is 4. The van der Waals surface area contributed by atoms with E-state index >= 15 is 0 Å². The molecule has 3 aromatic rings. The van der Waals surface area contributed by atoms with Crippen molar-refractivity contribution in [1.82, 2.24) is 14.7 Å². The third kappa shape index (κ3) is 4.39. The quantitative estimate of drug-likeness (QED) is 0.224. The number of methoxy groups -OCH3 is 1. The van der Waals surface area contributed by atoms with Gasteiger partial charge in [0.2, 0.25) is 6.79 Å². The topological polar surface area (TPSA) is 142 Å². The second kappa shape index (κ2) is 11.7. The molecule has 2 unspecified atom stereocenters. The van der Waals surface area contributed by atoms with E-state index < -0.39 is 42.0 Å². The number of likely N-dealkylation sites (N-methyl/N-ethyl adjacent to an activating group) is 1. The molecule has 2 bridgehead atoms. The molecule has 12 heteroatoms. The number of ether oxygens (including phenoxy) is 4. The molecule has 1 fully saturated rings. The van der Waals surface area contributed by atoms with Crippen molar-refractivity contribution in [2.45, 2.75) is 76.7 Å². The summed E-state index contributed by atoms with van der Waals surface area (Å²) in [5, 5.41) is 22.8. The van der Waals surface area contributed by atoms with Gasteiger partial charge in [-0.2, -0.15) is 5.26 Å². The Hall–Kier alpha value is -5.12. The van der Waals surface area contributed by atoms with Gasteiger partial charge in [0, 0.05) is 47.3 Å². The third-order valence-electron chi connectivity index (χ3n) is 11.2. The number of benzene rings is 3. The maximum absolute atomic E-state index is 13.9. The van der Waals surface area contributed by atoms with Gasteiger partial charge in [-0.25, -0.2) is 0 Å². The van der Waals surface area contributed by atoms with Gasteiger partial charge in [0.1, 0.15) is 11.8 Å². The fourth-order valence-electron chi connectivity index (χ4n) is 9.09. The van der Waals surface area contributed by atoms with Crippen LogP contribution in [0, 0.1) is 25.2 Å². The second-order valence-corrected chi connectivity index (χ2v) is 13.7. The number of carbonyl (C=O) groups excluding carboxylic acids is 3. The highest BCUT2D eigenvalue weighted by Crippen LogP contribution is 2.58. The minimum absolute atomic E-state index is 0.0484. The highest BCUT2D eigenvalue weighted by atomic mass is 16.7. The van der Waals surface area contributed by atoms with Gasteiger partial charge in [0.05, 0.1) is 36.4 Å². The van der Waals surface area contributed by atoms with Crippen LogP contribution in [0.4, 0.5) is 0 Å². The Morgan fingerprint density at radius 1 is 1.04 bits per heavy atom. The molecule has 5 aliphatic heterocycles. The minimum atomic E-state index is -0.745. The molecule has 1 saturated heterocycles. The molecule has 5 heterocycles. The van der Waals surface area contributed by atoms with Crippen LogP contribution in [-0.4, -0.2) is 83.2 Å². The number of esters is 1. The van der Waals surface area contributed by atoms with Crippen LogP contribution in [-0.2, 0) is 17.6 Å². The van der Waals surface area contributed by atoms with Crippen molar-refractivity contribution in [1.29, 1.82) is 5.26 Å². The maximum Gasteiger partial charge on any atom is 0.311 e. The molecule has 258 valence electrons. The minimum Gasteiger partial charge on any atom is -0.504 e. The Labute approximate surface area is 289 Å². The molecule has 0 spiro atoms. The number of aromatic hydroxyl groups is 1. The summed E-state index contributed by atoms with van der Waals surface area (Å²) < 4.78 is 23.9. The normalized spacial score (nSPS) is 24.6. The number of aryl methyl sites for hydroxylation is 1. The Morgan fingerprint density at radius 3 is 2.40 bits per heavy atom. The number of fused-ring (bicyclic) bond motifs is 10. The molecular weight excluding hydrogens is 640 g/mol. The molecule has 0 saturated carbocycles. The van der Waals surface area contributed by atoms with Gasteiger partial charge in [0.15, 0.2) is 23.0 Å². The Bertz CT molecular complexity index is 2000. The number of phenolic OH excluding ortho intramolecular Hbond substituents is 1. The number of piperazine rings is 1. The first-order chi connectivity index (χ1) is 24.1. The van der Waals surface area contributed by atoms with E-state index in [0.717, 1.165) is 11.1 Å². The van der Waals surface area contributed by atoms with Gasteiger partial charge < -0.3 is 24.1 Å². The van der Waals surface area contributed by atoms with Gasteiger partial charge in [-0.3, -0.25) is 29.1 Å². The lowest BCUT2D eigenvalue weighted by Gasteiger charge is -2.60. The predicted molar refractivity (Wildman–Crippen MR) is 179 cm³/mol. The Morgan fingerprint density at radius 2 is 1.74 bits per heavy atom. The number of rotatable bonds is 6. The van der Waals surface area contributed by atoms with Gasteiger partial charge in [-0.05, 0) is 63.4 Å². The first kappa shape index (κ1) is 32.1. The van der Waals surface area contributed by atoms with Crippen LogP contribution in [0.1, 0.15) is 85.9 Å². The number of hydrogen-bond acceptors (Lipinski definition) is 11. The van der Waals surface area contributed by atoms with E-state index in [1.807, 2.05) is 33.9 Å². The van der Waals surface area contributed by atoms with Crippen LogP contribution in [0.5, 0.6) is 28.7 Å². The van der Waals surface area contributed by atoms with Gasteiger partial charge in [-0.1, -0.05) is 25.1 Å². The van der Waals surface area contributed by atoms with E-state index in [0.29, 0.717) is 75.6 Å². The second-order valence-electron chi connectivity index (χ2n) is 13.7. The number of phenols is 1. The molecule has 3 aromatic carbocycles. The number of carbonyl (C=O) groups is 3. The molecule has 1 N–H and O–H groups in total. The van der Waals surface area contributed by atoms with Crippen molar-refractivity contribution in [3.63, 3.8) is 0 Å². The van der Waals surface area contributed by atoms with Crippen molar-refractivity contribution in [2.24, 2.45) is 0 Å². The van der Waals surface area contributed by atoms with E-state index in [9.17, 15) is 24.8 Å². The van der Waals surface area contributed by atoms with Crippen molar-refractivity contribution in [3.05, 3.63) is 74.8 Å². The summed E-state index contributed by atoms with van der Waals surface area (Å²) in [5.41, 5.74) is 5.01. The first-order valence-electron chi connectivity index (χ1n) is 17.0. The molecule has 2 amide bonds. The Kier molecular flexibility index (Phi) is 7.54. The summed E-state index contributed by atoms with van der Waals surface area (Å²) >= 11 is 0. The van der Waals surface area contributed by atoms with E-state index in [-0.39, 0.29) is 31.5 Å².